The SMILES string of the molecule is CCC#C[CH]Br. The molecular formula is C5H6Br. The molecule has 0 aliphatic carbocycles. The molecule has 0 saturated carbocycles. The second kappa shape index (κ2) is 5.04. The standard InChI is InChI=1S/C5H6Br/c1-2-3-4-5-6/h5H,2H2,1H3. The van der Waals surface area contributed by atoms with Crippen molar-refractivity contribution < 1.29 is 0 Å². The van der Waals surface area contributed by atoms with Crippen LogP contribution < -0.4 is 0 Å². The van der Waals surface area contributed by atoms with E-state index in [0.29, 0.717) is 0 Å². The van der Waals surface area contributed by atoms with Gasteiger partial charge in [0.05, 0.1) is 5.33 Å². The Morgan fingerprint density at radius 1 is 1.83 bits per heavy atom. The molecule has 1 radical (unpaired) electrons. The normalized spacial score (nSPS) is 6.33. The number of hydrogen-bond donors (Lipinski definition) is 0. The molecule has 0 fully saturated rings. The summed E-state index contributed by atoms with van der Waals surface area (Å²) in [4.78, 5) is 0. The van der Waals surface area contributed by atoms with Crippen molar-refractivity contribution in [2.24, 2.45) is 0 Å². The Bertz CT molecular complexity index is 57.7. The van der Waals surface area contributed by atoms with Crippen LogP contribution in [0.15, 0.2) is 0 Å². The Morgan fingerprint density at radius 3 is 2.67 bits per heavy atom. The molecule has 0 heterocycles. The molecule has 0 saturated heterocycles. The first-order valence-corrected chi connectivity index (χ1v) is 2.73. The lowest BCUT2D eigenvalue weighted by atomic mass is 10.5. The van der Waals surface area contributed by atoms with Gasteiger partial charge in [-0.15, -0.1) is 5.92 Å². The Kier molecular flexibility index (Phi) is 5.07. The molecule has 0 aliphatic rings. The summed E-state index contributed by atoms with van der Waals surface area (Å²) in [6, 6.07) is 0. The van der Waals surface area contributed by atoms with Gasteiger partial charge in [0, 0.05) is 6.42 Å². The predicted octanol–water partition coefficient (Wildman–Crippen LogP) is 1.96. The van der Waals surface area contributed by atoms with Crippen molar-refractivity contribution in [3.63, 3.8) is 0 Å². The molecule has 1 heteroatoms. The molecular weight excluding hydrogens is 140 g/mol. The zero-order valence-corrected chi connectivity index (χ0v) is 5.25. The van der Waals surface area contributed by atoms with Gasteiger partial charge in [-0.3, -0.25) is 0 Å². The summed E-state index contributed by atoms with van der Waals surface area (Å²) < 4.78 is 0. The quantitative estimate of drug-likeness (QED) is 0.458. The summed E-state index contributed by atoms with van der Waals surface area (Å²) in [6.45, 7) is 2.02. The maximum absolute atomic E-state index is 3.05. The van der Waals surface area contributed by atoms with Crippen molar-refractivity contribution in [1.29, 1.82) is 0 Å². The van der Waals surface area contributed by atoms with Gasteiger partial charge in [-0.25, -0.2) is 0 Å². The second-order valence-electron chi connectivity index (χ2n) is 0.784. The first-order chi connectivity index (χ1) is 2.91. The summed E-state index contributed by atoms with van der Waals surface area (Å²) in [5, 5.41) is 1.66. The molecule has 0 aliphatic heterocycles. The zero-order chi connectivity index (χ0) is 4.83. The van der Waals surface area contributed by atoms with Crippen LogP contribution in [0.5, 0.6) is 0 Å². The minimum atomic E-state index is 0.933. The van der Waals surface area contributed by atoms with Gasteiger partial charge in [-0.1, -0.05) is 28.8 Å². The van der Waals surface area contributed by atoms with Crippen LogP contribution in [0, 0.1) is 17.2 Å². The molecule has 33 valence electrons. The summed E-state index contributed by atoms with van der Waals surface area (Å²) >= 11 is 3.05. The van der Waals surface area contributed by atoms with Crippen LogP contribution in [-0.4, -0.2) is 0 Å². The Morgan fingerprint density at radius 2 is 2.50 bits per heavy atom. The smallest absolute Gasteiger partial charge is 0.0989 e. The van der Waals surface area contributed by atoms with Gasteiger partial charge < -0.3 is 0 Å². The summed E-state index contributed by atoms with van der Waals surface area (Å²) in [5.74, 6) is 5.59. The van der Waals surface area contributed by atoms with E-state index in [1.807, 2.05) is 6.92 Å². The first kappa shape index (κ1) is 6.04. The van der Waals surface area contributed by atoms with E-state index in [9.17, 15) is 0 Å². The monoisotopic (exact) mass is 145 g/mol. The summed E-state index contributed by atoms with van der Waals surface area (Å²) in [7, 11) is 0. The van der Waals surface area contributed by atoms with Gasteiger partial charge in [0.25, 0.3) is 0 Å². The number of hydrogen-bond acceptors (Lipinski definition) is 0. The molecule has 0 amide bonds. The molecule has 0 aromatic carbocycles. The maximum atomic E-state index is 3.05. The first-order valence-electron chi connectivity index (χ1n) is 1.82. The van der Waals surface area contributed by atoms with Crippen molar-refractivity contribution in [2.75, 3.05) is 0 Å². The zero-order valence-electron chi connectivity index (χ0n) is 3.66. The number of rotatable bonds is 0. The van der Waals surface area contributed by atoms with Crippen LogP contribution in [0.25, 0.3) is 0 Å². The lowest BCUT2D eigenvalue weighted by Crippen LogP contribution is -1.50. The van der Waals surface area contributed by atoms with Crippen molar-refractivity contribution in [3.8, 4) is 11.8 Å². The summed E-state index contributed by atoms with van der Waals surface area (Å²) in [5.41, 5.74) is 0. The summed E-state index contributed by atoms with van der Waals surface area (Å²) in [6.07, 6.45) is 0.933. The lowest BCUT2D eigenvalue weighted by molar-refractivity contribution is 1.28. The Hall–Kier alpha value is 0.0400. The van der Waals surface area contributed by atoms with Gasteiger partial charge in [0.1, 0.15) is 0 Å². The molecule has 0 spiro atoms. The van der Waals surface area contributed by atoms with Crippen LogP contribution in [-0.2, 0) is 0 Å². The fourth-order valence-corrected chi connectivity index (χ4v) is 0.303. The largest absolute Gasteiger partial charge is 0.102 e. The second-order valence-corrected chi connectivity index (χ2v) is 1.24. The van der Waals surface area contributed by atoms with Crippen LogP contribution in [0.3, 0.4) is 0 Å². The lowest BCUT2D eigenvalue weighted by Gasteiger charge is -1.63. The van der Waals surface area contributed by atoms with E-state index in [1.54, 1.807) is 5.33 Å². The third kappa shape index (κ3) is 4.04. The van der Waals surface area contributed by atoms with E-state index in [1.165, 1.54) is 0 Å². The average molecular weight is 146 g/mol. The van der Waals surface area contributed by atoms with E-state index in [2.05, 4.69) is 27.8 Å². The van der Waals surface area contributed by atoms with Crippen molar-refractivity contribution in [3.05, 3.63) is 5.33 Å². The Balaban J connectivity index is 2.90. The van der Waals surface area contributed by atoms with Crippen molar-refractivity contribution >= 4 is 15.9 Å². The van der Waals surface area contributed by atoms with E-state index in [-0.39, 0.29) is 0 Å². The minimum absolute atomic E-state index is 0.933. The van der Waals surface area contributed by atoms with E-state index >= 15 is 0 Å². The molecule has 0 atom stereocenters. The third-order valence-corrected chi connectivity index (χ3v) is 0.562. The highest BCUT2D eigenvalue weighted by Gasteiger charge is 1.58. The highest BCUT2D eigenvalue weighted by atomic mass is 79.9. The predicted molar refractivity (Wildman–Crippen MR) is 31.3 cm³/mol. The molecule has 0 unspecified atom stereocenters. The van der Waals surface area contributed by atoms with Gasteiger partial charge >= 0.3 is 0 Å². The van der Waals surface area contributed by atoms with E-state index in [0.717, 1.165) is 6.42 Å². The van der Waals surface area contributed by atoms with Gasteiger partial charge in [0.2, 0.25) is 0 Å². The fraction of sp³-hybridized carbons (Fsp3) is 0.400. The van der Waals surface area contributed by atoms with Crippen LogP contribution in [0.4, 0.5) is 0 Å². The molecule has 0 aromatic heterocycles. The highest BCUT2D eigenvalue weighted by Crippen LogP contribution is 1.82. The minimum Gasteiger partial charge on any atom is -0.102 e. The highest BCUT2D eigenvalue weighted by molar-refractivity contribution is 9.10. The van der Waals surface area contributed by atoms with Crippen LogP contribution in [0.1, 0.15) is 13.3 Å². The van der Waals surface area contributed by atoms with Crippen LogP contribution in [0.2, 0.25) is 0 Å². The van der Waals surface area contributed by atoms with E-state index in [4.69, 9.17) is 0 Å². The molecule has 6 heavy (non-hydrogen) atoms. The van der Waals surface area contributed by atoms with Gasteiger partial charge in [-0.2, -0.15) is 0 Å². The van der Waals surface area contributed by atoms with Crippen molar-refractivity contribution in [1.82, 2.24) is 0 Å². The number of halogens is 1. The topological polar surface area (TPSA) is 0 Å². The van der Waals surface area contributed by atoms with Gasteiger partial charge in [-0.05, 0) is 0 Å². The third-order valence-electron chi connectivity index (χ3n) is 0.333. The molecule has 0 aromatic rings. The molecule has 0 N–H and O–H groups in total. The maximum Gasteiger partial charge on any atom is 0.0989 e. The molecule has 0 nitrogen and oxygen atoms in total. The van der Waals surface area contributed by atoms with Gasteiger partial charge in [0.15, 0.2) is 0 Å². The van der Waals surface area contributed by atoms with Crippen molar-refractivity contribution in [2.45, 2.75) is 13.3 Å². The average Bonchev–Trinajstić information content (AvgIpc) is 1.61. The molecule has 0 rings (SSSR count). The fourth-order valence-electron chi connectivity index (χ4n) is 0.141. The molecule has 0 bridgehead atoms. The van der Waals surface area contributed by atoms with E-state index < -0.39 is 0 Å². The van der Waals surface area contributed by atoms with Crippen LogP contribution >= 0.6 is 15.9 Å². The Labute approximate surface area is 47.1 Å².